The van der Waals surface area contributed by atoms with Gasteiger partial charge in [0, 0.05) is 18.8 Å². The number of hydrogen-bond acceptors (Lipinski definition) is 3. The zero-order valence-corrected chi connectivity index (χ0v) is 12.2. The zero-order valence-electron chi connectivity index (χ0n) is 11.3. The molecule has 0 heterocycles. The van der Waals surface area contributed by atoms with E-state index >= 15 is 0 Å². The minimum Gasteiger partial charge on any atom is -0.341 e. The second-order valence-electron chi connectivity index (χ2n) is 4.83. The fourth-order valence-corrected chi connectivity index (χ4v) is 3.55. The summed E-state index contributed by atoms with van der Waals surface area (Å²) in [4.78, 5) is 11.4. The highest BCUT2D eigenvalue weighted by atomic mass is 32.2. The van der Waals surface area contributed by atoms with E-state index in [-0.39, 0.29) is 17.0 Å². The van der Waals surface area contributed by atoms with Crippen molar-refractivity contribution < 1.29 is 13.2 Å². The first-order valence-electron chi connectivity index (χ1n) is 6.62. The van der Waals surface area contributed by atoms with Crippen LogP contribution < -0.4 is 15.4 Å². The average molecular weight is 297 g/mol. The van der Waals surface area contributed by atoms with Crippen LogP contribution in [0.15, 0.2) is 29.2 Å². The maximum atomic E-state index is 12.2. The van der Waals surface area contributed by atoms with Crippen LogP contribution in [0.1, 0.15) is 25.7 Å². The number of benzene rings is 1. The van der Waals surface area contributed by atoms with Gasteiger partial charge in [0.2, 0.25) is 10.0 Å². The largest absolute Gasteiger partial charge is 0.341 e. The predicted octanol–water partition coefficient (Wildman–Crippen LogP) is 1.66. The Hall–Kier alpha value is -1.60. The third kappa shape index (κ3) is 3.71. The van der Waals surface area contributed by atoms with E-state index < -0.39 is 10.0 Å². The summed E-state index contributed by atoms with van der Waals surface area (Å²) in [6, 6.07) is 5.82. The van der Waals surface area contributed by atoms with Gasteiger partial charge >= 0.3 is 6.03 Å². The van der Waals surface area contributed by atoms with Crippen molar-refractivity contribution in [2.75, 3.05) is 12.4 Å². The predicted molar refractivity (Wildman–Crippen MR) is 77.1 cm³/mol. The average Bonchev–Trinajstić information content (AvgIpc) is 2.91. The van der Waals surface area contributed by atoms with Crippen LogP contribution >= 0.6 is 0 Å². The van der Waals surface area contributed by atoms with Crippen LogP contribution in [0.25, 0.3) is 0 Å². The van der Waals surface area contributed by atoms with Gasteiger partial charge in [0.1, 0.15) is 0 Å². The first-order valence-corrected chi connectivity index (χ1v) is 8.11. The molecular formula is C13H19N3O3S. The van der Waals surface area contributed by atoms with Crippen molar-refractivity contribution in [3.8, 4) is 0 Å². The first kappa shape index (κ1) is 14.8. The van der Waals surface area contributed by atoms with Gasteiger partial charge in [0.05, 0.1) is 4.90 Å². The van der Waals surface area contributed by atoms with Gasteiger partial charge in [0.15, 0.2) is 0 Å². The lowest BCUT2D eigenvalue weighted by molar-refractivity contribution is 0.254. The third-order valence-corrected chi connectivity index (χ3v) is 4.86. The maximum absolute atomic E-state index is 12.2. The molecule has 1 saturated carbocycles. The quantitative estimate of drug-likeness (QED) is 0.790. The Morgan fingerprint density at radius 2 is 1.75 bits per heavy atom. The summed E-state index contributed by atoms with van der Waals surface area (Å²) in [6.07, 6.45) is 3.94. The molecule has 0 aliphatic heterocycles. The Morgan fingerprint density at radius 1 is 1.15 bits per heavy atom. The fourth-order valence-electron chi connectivity index (χ4n) is 2.24. The number of carbonyl (C=O) groups is 1. The fraction of sp³-hybridized carbons (Fsp3) is 0.462. The molecule has 6 nitrogen and oxygen atoms in total. The van der Waals surface area contributed by atoms with Gasteiger partial charge in [-0.05, 0) is 37.1 Å². The second kappa shape index (κ2) is 6.23. The summed E-state index contributed by atoms with van der Waals surface area (Å²) < 4.78 is 27.0. The Kier molecular flexibility index (Phi) is 4.61. The summed E-state index contributed by atoms with van der Waals surface area (Å²) in [5.74, 6) is 0. The van der Waals surface area contributed by atoms with Crippen LogP contribution in [-0.2, 0) is 10.0 Å². The Labute approximate surface area is 119 Å². The van der Waals surface area contributed by atoms with Gasteiger partial charge in [-0.1, -0.05) is 12.8 Å². The smallest absolute Gasteiger partial charge is 0.318 e. The zero-order chi connectivity index (χ0) is 14.6. The highest BCUT2D eigenvalue weighted by Crippen LogP contribution is 2.21. The number of amides is 2. The highest BCUT2D eigenvalue weighted by molar-refractivity contribution is 7.89. The summed E-state index contributed by atoms with van der Waals surface area (Å²) in [5.41, 5.74) is 0.546. The lowest BCUT2D eigenvalue weighted by Gasteiger charge is -2.13. The minimum absolute atomic E-state index is 0.0451. The number of nitrogens with one attached hydrogen (secondary N) is 3. The van der Waals surface area contributed by atoms with Crippen molar-refractivity contribution in [3.05, 3.63) is 24.3 Å². The molecule has 110 valence electrons. The summed E-state index contributed by atoms with van der Waals surface area (Å²) in [6.45, 7) is 0. The van der Waals surface area contributed by atoms with E-state index in [1.807, 2.05) is 0 Å². The van der Waals surface area contributed by atoms with E-state index in [1.165, 1.54) is 19.2 Å². The Morgan fingerprint density at radius 3 is 2.30 bits per heavy atom. The molecule has 0 spiro atoms. The van der Waals surface area contributed by atoms with Gasteiger partial charge < -0.3 is 10.6 Å². The van der Waals surface area contributed by atoms with Crippen LogP contribution in [0.2, 0.25) is 0 Å². The third-order valence-electron chi connectivity index (χ3n) is 3.33. The molecule has 7 heteroatoms. The van der Waals surface area contributed by atoms with Gasteiger partial charge in [-0.3, -0.25) is 0 Å². The van der Waals surface area contributed by atoms with Crippen LogP contribution in [0.4, 0.5) is 10.5 Å². The van der Waals surface area contributed by atoms with Crippen LogP contribution in [0, 0.1) is 0 Å². The van der Waals surface area contributed by atoms with Crippen LogP contribution in [-0.4, -0.2) is 27.5 Å². The molecule has 0 radical (unpaired) electrons. The van der Waals surface area contributed by atoms with E-state index in [0.29, 0.717) is 5.69 Å². The Balaban J connectivity index is 2.06. The maximum Gasteiger partial charge on any atom is 0.318 e. The van der Waals surface area contributed by atoms with E-state index in [0.717, 1.165) is 25.7 Å². The highest BCUT2D eigenvalue weighted by Gasteiger charge is 2.22. The molecule has 1 aliphatic rings. The van der Waals surface area contributed by atoms with E-state index in [4.69, 9.17) is 0 Å². The SMILES string of the molecule is CNC(=O)Nc1ccc(S(=O)(=O)NC2CCCC2)cc1. The number of sulfonamides is 1. The molecule has 1 aromatic rings. The normalized spacial score (nSPS) is 16.1. The molecule has 1 aliphatic carbocycles. The first-order chi connectivity index (χ1) is 9.51. The van der Waals surface area contributed by atoms with Crippen molar-refractivity contribution in [2.45, 2.75) is 36.6 Å². The number of carbonyl (C=O) groups excluding carboxylic acids is 1. The molecule has 3 N–H and O–H groups in total. The lowest BCUT2D eigenvalue weighted by atomic mass is 10.3. The number of anilines is 1. The lowest BCUT2D eigenvalue weighted by Crippen LogP contribution is -2.32. The van der Waals surface area contributed by atoms with Gasteiger partial charge in [-0.15, -0.1) is 0 Å². The van der Waals surface area contributed by atoms with E-state index in [1.54, 1.807) is 12.1 Å². The monoisotopic (exact) mass is 297 g/mol. The molecule has 20 heavy (non-hydrogen) atoms. The molecular weight excluding hydrogens is 278 g/mol. The molecule has 0 aromatic heterocycles. The van der Waals surface area contributed by atoms with Crippen molar-refractivity contribution in [3.63, 3.8) is 0 Å². The summed E-state index contributed by atoms with van der Waals surface area (Å²) in [5, 5.41) is 5.00. The van der Waals surface area contributed by atoms with Gasteiger partial charge in [-0.2, -0.15) is 0 Å². The number of hydrogen-bond donors (Lipinski definition) is 3. The van der Waals surface area contributed by atoms with Crippen molar-refractivity contribution in [2.24, 2.45) is 0 Å². The molecule has 0 bridgehead atoms. The van der Waals surface area contributed by atoms with Crippen LogP contribution in [0.3, 0.4) is 0 Å². The topological polar surface area (TPSA) is 87.3 Å². The summed E-state index contributed by atoms with van der Waals surface area (Å²) >= 11 is 0. The Bertz CT molecular complexity index is 563. The summed E-state index contributed by atoms with van der Waals surface area (Å²) in [7, 11) is -1.96. The molecule has 1 aromatic carbocycles. The molecule has 2 amide bonds. The molecule has 0 saturated heterocycles. The van der Waals surface area contributed by atoms with Crippen molar-refractivity contribution in [1.29, 1.82) is 0 Å². The molecule has 0 atom stereocenters. The van der Waals surface area contributed by atoms with E-state index in [9.17, 15) is 13.2 Å². The van der Waals surface area contributed by atoms with Crippen molar-refractivity contribution >= 4 is 21.7 Å². The molecule has 1 fully saturated rings. The second-order valence-corrected chi connectivity index (χ2v) is 6.55. The standard InChI is InChI=1S/C13H19N3O3S/c1-14-13(17)15-10-6-8-12(9-7-10)20(18,19)16-11-4-2-3-5-11/h6-9,11,16H,2-5H2,1H3,(H2,14,15,17). The molecule has 2 rings (SSSR count). The van der Waals surface area contributed by atoms with Gasteiger partial charge in [-0.25, -0.2) is 17.9 Å². The number of urea groups is 1. The van der Waals surface area contributed by atoms with Crippen molar-refractivity contribution in [1.82, 2.24) is 10.0 Å². The van der Waals surface area contributed by atoms with Gasteiger partial charge in [0.25, 0.3) is 0 Å². The molecule has 0 unspecified atom stereocenters. The minimum atomic E-state index is -3.47. The van der Waals surface area contributed by atoms with Crippen LogP contribution in [0.5, 0.6) is 0 Å². The van der Waals surface area contributed by atoms with E-state index in [2.05, 4.69) is 15.4 Å². The number of rotatable bonds is 4.